The quantitative estimate of drug-likeness (QED) is 0.847. The lowest BCUT2D eigenvalue weighted by Gasteiger charge is -2.22. The van der Waals surface area contributed by atoms with Gasteiger partial charge >= 0.3 is 0 Å². The molecule has 0 radical (unpaired) electrons. The molecule has 0 unspecified atom stereocenters. The number of hydrogen-bond donors (Lipinski definition) is 0. The highest BCUT2D eigenvalue weighted by Gasteiger charge is 2.18. The zero-order valence-corrected chi connectivity index (χ0v) is 11.4. The van der Waals surface area contributed by atoms with Gasteiger partial charge < -0.3 is 4.90 Å². The molecule has 0 saturated heterocycles. The molecule has 98 valence electrons. The average Bonchev–Trinajstić information content (AvgIpc) is 2.42. The fourth-order valence-electron chi connectivity index (χ4n) is 1.93. The van der Waals surface area contributed by atoms with Crippen molar-refractivity contribution in [1.29, 1.82) is 0 Å². The average molecular weight is 255 g/mol. The van der Waals surface area contributed by atoms with Crippen LogP contribution in [0.3, 0.4) is 0 Å². The first-order valence-corrected chi connectivity index (χ1v) is 6.29. The Bertz CT molecular complexity index is 578. The molecule has 2 rings (SSSR count). The van der Waals surface area contributed by atoms with E-state index in [0.717, 1.165) is 16.9 Å². The van der Waals surface area contributed by atoms with E-state index >= 15 is 0 Å². The van der Waals surface area contributed by atoms with Gasteiger partial charge in [-0.25, -0.2) is 4.98 Å². The van der Waals surface area contributed by atoms with Crippen molar-refractivity contribution in [3.8, 4) is 0 Å². The van der Waals surface area contributed by atoms with E-state index in [4.69, 9.17) is 0 Å². The maximum Gasteiger partial charge on any atom is 0.278 e. The monoisotopic (exact) mass is 255 g/mol. The van der Waals surface area contributed by atoms with Crippen LogP contribution in [0.25, 0.3) is 0 Å². The summed E-state index contributed by atoms with van der Waals surface area (Å²) in [5, 5.41) is 0. The van der Waals surface area contributed by atoms with Crippen molar-refractivity contribution in [2.75, 3.05) is 11.4 Å². The number of hydrogen-bond acceptors (Lipinski definition) is 3. The Morgan fingerprint density at radius 1 is 1.16 bits per heavy atom. The molecule has 1 aromatic carbocycles. The Morgan fingerprint density at radius 2 is 1.89 bits per heavy atom. The minimum atomic E-state index is -0.121. The lowest BCUT2D eigenvalue weighted by Crippen LogP contribution is -2.32. The SMILES string of the molecule is CCN(C(=O)c1cnc(C)cn1)c1ccccc1C. The minimum absolute atomic E-state index is 0.121. The molecule has 0 N–H and O–H groups in total. The van der Waals surface area contributed by atoms with Crippen LogP contribution >= 0.6 is 0 Å². The van der Waals surface area contributed by atoms with Gasteiger partial charge in [0.05, 0.1) is 11.9 Å². The number of anilines is 1. The van der Waals surface area contributed by atoms with Gasteiger partial charge in [0.25, 0.3) is 5.91 Å². The Kier molecular flexibility index (Phi) is 3.90. The molecule has 4 nitrogen and oxygen atoms in total. The van der Waals surface area contributed by atoms with Crippen LogP contribution in [0.5, 0.6) is 0 Å². The second kappa shape index (κ2) is 5.61. The lowest BCUT2D eigenvalue weighted by atomic mass is 10.1. The highest BCUT2D eigenvalue weighted by molar-refractivity contribution is 6.04. The maximum atomic E-state index is 12.5. The van der Waals surface area contributed by atoms with Crippen molar-refractivity contribution in [1.82, 2.24) is 9.97 Å². The first-order valence-electron chi connectivity index (χ1n) is 6.29. The fraction of sp³-hybridized carbons (Fsp3) is 0.267. The van der Waals surface area contributed by atoms with Gasteiger partial charge in [-0.15, -0.1) is 0 Å². The number of amides is 1. The number of aryl methyl sites for hydroxylation is 2. The summed E-state index contributed by atoms with van der Waals surface area (Å²) < 4.78 is 0. The van der Waals surface area contributed by atoms with Crippen LogP contribution in [0.1, 0.15) is 28.7 Å². The standard InChI is InChI=1S/C15H17N3O/c1-4-18(14-8-6-5-7-11(14)2)15(19)13-10-16-12(3)9-17-13/h5-10H,4H2,1-3H3. The molecular formula is C15H17N3O. The zero-order chi connectivity index (χ0) is 13.8. The van der Waals surface area contributed by atoms with Crippen LogP contribution in [0.2, 0.25) is 0 Å². The molecule has 0 bridgehead atoms. The number of para-hydroxylation sites is 1. The topological polar surface area (TPSA) is 46.1 Å². The minimum Gasteiger partial charge on any atom is -0.307 e. The third kappa shape index (κ3) is 2.78. The van der Waals surface area contributed by atoms with E-state index in [9.17, 15) is 4.79 Å². The van der Waals surface area contributed by atoms with Crippen molar-refractivity contribution in [3.05, 3.63) is 53.6 Å². The van der Waals surface area contributed by atoms with E-state index in [0.29, 0.717) is 12.2 Å². The number of aromatic nitrogens is 2. The molecular weight excluding hydrogens is 238 g/mol. The molecule has 1 heterocycles. The molecule has 0 aliphatic carbocycles. The smallest absolute Gasteiger partial charge is 0.278 e. The highest BCUT2D eigenvalue weighted by Crippen LogP contribution is 2.20. The zero-order valence-electron chi connectivity index (χ0n) is 11.4. The summed E-state index contributed by atoms with van der Waals surface area (Å²) in [6.45, 7) is 6.39. The summed E-state index contributed by atoms with van der Waals surface area (Å²) in [6.07, 6.45) is 3.14. The van der Waals surface area contributed by atoms with Crippen molar-refractivity contribution in [2.45, 2.75) is 20.8 Å². The number of rotatable bonds is 3. The third-order valence-electron chi connectivity index (χ3n) is 2.97. The van der Waals surface area contributed by atoms with E-state index < -0.39 is 0 Å². The summed E-state index contributed by atoms with van der Waals surface area (Å²) in [4.78, 5) is 22.5. The van der Waals surface area contributed by atoms with Crippen LogP contribution in [-0.4, -0.2) is 22.4 Å². The van der Waals surface area contributed by atoms with Crippen molar-refractivity contribution in [2.24, 2.45) is 0 Å². The fourth-order valence-corrected chi connectivity index (χ4v) is 1.93. The van der Waals surface area contributed by atoms with Gasteiger partial charge in [0.15, 0.2) is 0 Å². The highest BCUT2D eigenvalue weighted by atomic mass is 16.2. The Labute approximate surface area is 113 Å². The van der Waals surface area contributed by atoms with E-state index in [2.05, 4.69) is 9.97 Å². The summed E-state index contributed by atoms with van der Waals surface area (Å²) in [5.74, 6) is -0.121. The molecule has 0 spiro atoms. The number of carbonyl (C=O) groups is 1. The van der Waals surface area contributed by atoms with Crippen LogP contribution in [0, 0.1) is 13.8 Å². The molecule has 2 aromatic rings. The van der Waals surface area contributed by atoms with Crippen molar-refractivity contribution >= 4 is 11.6 Å². The maximum absolute atomic E-state index is 12.5. The van der Waals surface area contributed by atoms with E-state index in [1.165, 1.54) is 6.20 Å². The van der Waals surface area contributed by atoms with Crippen LogP contribution < -0.4 is 4.90 Å². The third-order valence-corrected chi connectivity index (χ3v) is 2.97. The van der Waals surface area contributed by atoms with Gasteiger partial charge in [0.1, 0.15) is 5.69 Å². The molecule has 0 fully saturated rings. The molecule has 1 amide bonds. The van der Waals surface area contributed by atoms with Crippen molar-refractivity contribution < 1.29 is 4.79 Å². The van der Waals surface area contributed by atoms with Gasteiger partial charge in [0.2, 0.25) is 0 Å². The number of carbonyl (C=O) groups excluding carboxylic acids is 1. The second-order valence-electron chi connectivity index (χ2n) is 4.38. The summed E-state index contributed by atoms with van der Waals surface area (Å²) >= 11 is 0. The van der Waals surface area contributed by atoms with Gasteiger partial charge in [0, 0.05) is 18.4 Å². The largest absolute Gasteiger partial charge is 0.307 e. The first-order chi connectivity index (χ1) is 9.13. The van der Waals surface area contributed by atoms with Gasteiger partial charge in [-0.05, 0) is 32.4 Å². The summed E-state index contributed by atoms with van der Waals surface area (Å²) in [7, 11) is 0. The first kappa shape index (κ1) is 13.2. The Morgan fingerprint density at radius 3 is 2.47 bits per heavy atom. The van der Waals surface area contributed by atoms with Gasteiger partial charge in [-0.3, -0.25) is 9.78 Å². The van der Waals surface area contributed by atoms with Gasteiger partial charge in [-0.2, -0.15) is 0 Å². The molecule has 4 heteroatoms. The molecule has 19 heavy (non-hydrogen) atoms. The predicted molar refractivity (Wildman–Crippen MR) is 75.3 cm³/mol. The second-order valence-corrected chi connectivity index (χ2v) is 4.38. The van der Waals surface area contributed by atoms with Crippen molar-refractivity contribution in [3.63, 3.8) is 0 Å². The molecule has 0 saturated carbocycles. The van der Waals surface area contributed by atoms with E-state index in [-0.39, 0.29) is 5.91 Å². The molecule has 0 aliphatic heterocycles. The summed E-state index contributed by atoms with van der Waals surface area (Å²) in [6, 6.07) is 7.83. The summed E-state index contributed by atoms with van der Waals surface area (Å²) in [5.41, 5.74) is 3.15. The van der Waals surface area contributed by atoms with Crippen LogP contribution in [-0.2, 0) is 0 Å². The van der Waals surface area contributed by atoms with Crippen LogP contribution in [0.15, 0.2) is 36.7 Å². The molecule has 0 aliphatic rings. The van der Waals surface area contributed by atoms with E-state index in [1.54, 1.807) is 11.1 Å². The van der Waals surface area contributed by atoms with Gasteiger partial charge in [-0.1, -0.05) is 18.2 Å². The van der Waals surface area contributed by atoms with Crippen LogP contribution in [0.4, 0.5) is 5.69 Å². The molecule has 0 atom stereocenters. The predicted octanol–water partition coefficient (Wildman–Crippen LogP) is 2.76. The van der Waals surface area contributed by atoms with E-state index in [1.807, 2.05) is 45.0 Å². The Balaban J connectivity index is 2.35. The number of nitrogens with zero attached hydrogens (tertiary/aromatic N) is 3. The molecule has 1 aromatic heterocycles. The number of benzene rings is 1. The normalized spacial score (nSPS) is 10.3. The lowest BCUT2D eigenvalue weighted by molar-refractivity contribution is 0.0983. The Hall–Kier alpha value is -2.23.